The van der Waals surface area contributed by atoms with Gasteiger partial charge in [0, 0.05) is 11.8 Å². The smallest absolute Gasteiger partial charge is 0.293 e. The van der Waals surface area contributed by atoms with E-state index in [2.05, 4.69) is 13.8 Å². The van der Waals surface area contributed by atoms with Crippen LogP contribution >= 0.6 is 0 Å². The number of ketones is 1. The van der Waals surface area contributed by atoms with Gasteiger partial charge in [-0.15, -0.1) is 0 Å². The molecular formula is C17H19NO3. The van der Waals surface area contributed by atoms with Gasteiger partial charge in [-0.25, -0.2) is 0 Å². The minimum absolute atomic E-state index is 0.0110. The molecule has 0 fully saturated rings. The molecule has 0 N–H and O–H groups in total. The Kier molecular flexibility index (Phi) is 4.58. The van der Waals surface area contributed by atoms with Gasteiger partial charge < -0.3 is 9.30 Å². The van der Waals surface area contributed by atoms with Gasteiger partial charge in [-0.1, -0.05) is 38.1 Å². The molecule has 21 heavy (non-hydrogen) atoms. The van der Waals surface area contributed by atoms with Crippen LogP contribution in [-0.2, 0) is 6.54 Å². The fourth-order valence-corrected chi connectivity index (χ4v) is 2.09. The Labute approximate surface area is 124 Å². The van der Waals surface area contributed by atoms with Crippen LogP contribution in [0.15, 0.2) is 47.4 Å². The second-order valence-corrected chi connectivity index (χ2v) is 5.21. The van der Waals surface area contributed by atoms with E-state index in [9.17, 15) is 9.59 Å². The minimum atomic E-state index is -0.299. The maximum atomic E-state index is 12.2. The normalized spacial score (nSPS) is 10.7. The first-order valence-electron chi connectivity index (χ1n) is 6.89. The Morgan fingerprint density at radius 1 is 1.19 bits per heavy atom. The third kappa shape index (κ3) is 3.40. The highest BCUT2D eigenvalue weighted by molar-refractivity contribution is 5.95. The van der Waals surface area contributed by atoms with Crippen molar-refractivity contribution in [2.75, 3.05) is 7.11 Å². The molecule has 1 aromatic heterocycles. The quantitative estimate of drug-likeness (QED) is 0.794. The molecule has 1 aromatic carbocycles. The Morgan fingerprint density at radius 3 is 2.43 bits per heavy atom. The number of carbonyl (C=O) groups excluding carboxylic acids is 1. The van der Waals surface area contributed by atoms with Crippen molar-refractivity contribution < 1.29 is 9.53 Å². The highest BCUT2D eigenvalue weighted by Gasteiger charge is 2.10. The first kappa shape index (κ1) is 15.0. The lowest BCUT2D eigenvalue weighted by Gasteiger charge is -2.08. The largest absolute Gasteiger partial charge is 0.491 e. The average Bonchev–Trinajstić information content (AvgIpc) is 2.49. The molecule has 110 valence electrons. The van der Waals surface area contributed by atoms with Gasteiger partial charge in [-0.3, -0.25) is 9.59 Å². The molecule has 0 saturated carbocycles. The van der Waals surface area contributed by atoms with Gasteiger partial charge in [0.15, 0.2) is 11.5 Å². The SMILES string of the molecule is COc1cccn(CC(=O)c2ccc(C(C)C)cc2)c1=O. The summed E-state index contributed by atoms with van der Waals surface area (Å²) >= 11 is 0. The van der Waals surface area contributed by atoms with Crippen molar-refractivity contribution in [1.82, 2.24) is 4.57 Å². The summed E-state index contributed by atoms with van der Waals surface area (Å²) < 4.78 is 6.33. The number of methoxy groups -OCH3 is 1. The number of aromatic nitrogens is 1. The molecule has 0 saturated heterocycles. The summed E-state index contributed by atoms with van der Waals surface area (Å²) in [7, 11) is 1.44. The van der Waals surface area contributed by atoms with Crippen LogP contribution in [0.2, 0.25) is 0 Å². The average molecular weight is 285 g/mol. The van der Waals surface area contributed by atoms with Gasteiger partial charge in [-0.05, 0) is 23.6 Å². The summed E-state index contributed by atoms with van der Waals surface area (Å²) in [5, 5.41) is 0. The van der Waals surface area contributed by atoms with E-state index in [1.165, 1.54) is 17.2 Å². The molecule has 0 aliphatic rings. The van der Waals surface area contributed by atoms with Gasteiger partial charge in [0.25, 0.3) is 5.56 Å². The summed E-state index contributed by atoms with van der Waals surface area (Å²) in [4.78, 5) is 24.2. The molecule has 2 rings (SSSR count). The third-order valence-electron chi connectivity index (χ3n) is 3.42. The lowest BCUT2D eigenvalue weighted by atomic mass is 10.0. The maximum absolute atomic E-state index is 12.2. The van der Waals surface area contributed by atoms with E-state index in [0.717, 1.165) is 0 Å². The second-order valence-electron chi connectivity index (χ2n) is 5.21. The van der Waals surface area contributed by atoms with Crippen LogP contribution in [-0.4, -0.2) is 17.5 Å². The van der Waals surface area contributed by atoms with E-state index in [4.69, 9.17) is 4.74 Å². The van der Waals surface area contributed by atoms with Gasteiger partial charge in [0.1, 0.15) is 0 Å². The van der Waals surface area contributed by atoms with E-state index in [-0.39, 0.29) is 23.6 Å². The van der Waals surface area contributed by atoms with E-state index in [0.29, 0.717) is 11.5 Å². The number of Topliss-reactive ketones (excluding diaryl/α,β-unsaturated/α-hetero) is 1. The highest BCUT2D eigenvalue weighted by Crippen LogP contribution is 2.15. The number of hydrogen-bond acceptors (Lipinski definition) is 3. The molecule has 0 radical (unpaired) electrons. The molecule has 1 heterocycles. The number of ether oxygens (including phenoxy) is 1. The summed E-state index contributed by atoms with van der Waals surface area (Å²) in [5.74, 6) is 0.566. The van der Waals surface area contributed by atoms with Crippen LogP contribution in [0.4, 0.5) is 0 Å². The zero-order valence-corrected chi connectivity index (χ0v) is 12.5. The van der Waals surface area contributed by atoms with Gasteiger partial charge in [-0.2, -0.15) is 0 Å². The number of rotatable bonds is 5. The molecule has 0 spiro atoms. The standard InChI is InChI=1S/C17H19NO3/c1-12(2)13-6-8-14(9-7-13)15(19)11-18-10-4-5-16(21-3)17(18)20/h4-10,12H,11H2,1-3H3. The predicted molar refractivity (Wildman–Crippen MR) is 82.1 cm³/mol. The maximum Gasteiger partial charge on any atom is 0.293 e. The van der Waals surface area contributed by atoms with Crippen molar-refractivity contribution in [3.63, 3.8) is 0 Å². The molecule has 0 aliphatic carbocycles. The summed E-state index contributed by atoms with van der Waals surface area (Å²) in [5.41, 5.74) is 1.49. The van der Waals surface area contributed by atoms with Crippen LogP contribution < -0.4 is 10.3 Å². The second kappa shape index (κ2) is 6.39. The van der Waals surface area contributed by atoms with Crippen molar-refractivity contribution in [3.8, 4) is 5.75 Å². The Balaban J connectivity index is 2.20. The van der Waals surface area contributed by atoms with E-state index >= 15 is 0 Å². The molecule has 4 heteroatoms. The Bertz CT molecular complexity index is 684. The van der Waals surface area contributed by atoms with E-state index < -0.39 is 0 Å². The highest BCUT2D eigenvalue weighted by atomic mass is 16.5. The number of pyridine rings is 1. The monoisotopic (exact) mass is 285 g/mol. The molecule has 0 amide bonds. The van der Waals surface area contributed by atoms with E-state index in [1.54, 1.807) is 18.3 Å². The zero-order chi connectivity index (χ0) is 15.4. The third-order valence-corrected chi connectivity index (χ3v) is 3.42. The fraction of sp³-hybridized carbons (Fsp3) is 0.294. The number of hydrogen-bond donors (Lipinski definition) is 0. The predicted octanol–water partition coefficient (Wildman–Crippen LogP) is 2.86. The molecular weight excluding hydrogens is 266 g/mol. The molecule has 4 nitrogen and oxygen atoms in total. The van der Waals surface area contributed by atoms with Crippen LogP contribution in [0.5, 0.6) is 5.75 Å². The molecule has 2 aromatic rings. The Hall–Kier alpha value is -2.36. The first-order chi connectivity index (χ1) is 10.0. The van der Waals surface area contributed by atoms with Crippen molar-refractivity contribution in [2.45, 2.75) is 26.3 Å². The van der Waals surface area contributed by atoms with E-state index in [1.807, 2.05) is 24.3 Å². The fourth-order valence-electron chi connectivity index (χ4n) is 2.09. The number of nitrogens with zero attached hydrogens (tertiary/aromatic N) is 1. The number of benzene rings is 1. The van der Waals surface area contributed by atoms with Gasteiger partial charge >= 0.3 is 0 Å². The first-order valence-corrected chi connectivity index (χ1v) is 6.89. The van der Waals surface area contributed by atoms with Gasteiger partial charge in [0.2, 0.25) is 0 Å². The zero-order valence-electron chi connectivity index (χ0n) is 12.5. The molecule has 0 atom stereocenters. The van der Waals surface area contributed by atoms with Crippen LogP contribution in [0.25, 0.3) is 0 Å². The van der Waals surface area contributed by atoms with Crippen molar-refractivity contribution >= 4 is 5.78 Å². The molecule has 0 aliphatic heterocycles. The Morgan fingerprint density at radius 2 is 1.86 bits per heavy atom. The summed E-state index contributed by atoms with van der Waals surface area (Å²) in [6.45, 7) is 4.22. The summed E-state index contributed by atoms with van der Waals surface area (Å²) in [6, 6.07) is 10.8. The van der Waals surface area contributed by atoms with Gasteiger partial charge in [0.05, 0.1) is 13.7 Å². The van der Waals surface area contributed by atoms with Crippen LogP contribution in [0.1, 0.15) is 35.7 Å². The number of carbonyl (C=O) groups is 1. The lowest BCUT2D eigenvalue weighted by Crippen LogP contribution is -2.24. The summed E-state index contributed by atoms with van der Waals surface area (Å²) in [6.07, 6.45) is 1.59. The van der Waals surface area contributed by atoms with Crippen molar-refractivity contribution in [2.24, 2.45) is 0 Å². The molecule has 0 bridgehead atoms. The van der Waals surface area contributed by atoms with Crippen molar-refractivity contribution in [1.29, 1.82) is 0 Å². The molecule has 0 unspecified atom stereocenters. The van der Waals surface area contributed by atoms with Crippen LogP contribution in [0, 0.1) is 0 Å². The van der Waals surface area contributed by atoms with Crippen LogP contribution in [0.3, 0.4) is 0 Å². The minimum Gasteiger partial charge on any atom is -0.491 e. The topological polar surface area (TPSA) is 48.3 Å². The van der Waals surface area contributed by atoms with Crippen molar-refractivity contribution in [3.05, 3.63) is 64.1 Å². The lowest BCUT2D eigenvalue weighted by molar-refractivity contribution is 0.0970.